The van der Waals surface area contributed by atoms with Gasteiger partial charge in [-0.1, -0.05) is 32.3 Å². The van der Waals surface area contributed by atoms with Gasteiger partial charge in [-0.3, -0.25) is 0 Å². The lowest BCUT2D eigenvalue weighted by molar-refractivity contribution is 0.299. The van der Waals surface area contributed by atoms with Gasteiger partial charge in [-0.05, 0) is 56.2 Å². The summed E-state index contributed by atoms with van der Waals surface area (Å²) in [7, 11) is 0. The van der Waals surface area contributed by atoms with E-state index >= 15 is 0 Å². The van der Waals surface area contributed by atoms with Crippen molar-refractivity contribution in [2.45, 2.75) is 64.7 Å². The minimum atomic E-state index is 0.653. The quantitative estimate of drug-likeness (QED) is 0.798. The minimum Gasteiger partial charge on any atom is -0.342 e. The monoisotopic (exact) mass is 270 g/mol. The summed E-state index contributed by atoms with van der Waals surface area (Å²) in [6.45, 7) is 4.43. The average Bonchev–Trinajstić information content (AvgIpc) is 2.88. The van der Waals surface area contributed by atoms with E-state index in [1.807, 2.05) is 0 Å². The summed E-state index contributed by atoms with van der Waals surface area (Å²) in [5.74, 6) is 2.85. The van der Waals surface area contributed by atoms with Crippen molar-refractivity contribution in [3.63, 3.8) is 0 Å². The second-order valence-electron chi connectivity index (χ2n) is 6.50. The number of hydrogen-bond donors (Lipinski definition) is 1. The zero-order valence-electron chi connectivity index (χ0n) is 12.8. The molecule has 1 aromatic heterocycles. The van der Waals surface area contributed by atoms with Crippen LogP contribution >= 0.6 is 0 Å². The summed E-state index contributed by atoms with van der Waals surface area (Å²) < 4.78 is 0. The molecule has 0 atom stereocenters. The van der Waals surface area contributed by atoms with Crippen LogP contribution in [0, 0.1) is 12.8 Å². The minimum absolute atomic E-state index is 0.653. The highest BCUT2D eigenvalue weighted by Gasteiger charge is 2.24. The van der Waals surface area contributed by atoms with Gasteiger partial charge in [-0.25, -0.2) is 4.98 Å². The molecule has 1 heterocycles. The normalized spacial score (nSPS) is 23.3. The molecule has 2 nitrogen and oxygen atoms in total. The van der Waals surface area contributed by atoms with Crippen LogP contribution in [0.15, 0.2) is 18.2 Å². The predicted molar refractivity (Wildman–Crippen MR) is 85.1 cm³/mol. The highest BCUT2D eigenvalue weighted by Crippen LogP contribution is 2.37. The van der Waals surface area contributed by atoms with Crippen molar-refractivity contribution < 1.29 is 0 Å². The predicted octanol–water partition coefficient (Wildman–Crippen LogP) is 5.34. The summed E-state index contributed by atoms with van der Waals surface area (Å²) in [6, 6.07) is 6.49. The number of nitrogens with zero attached hydrogens (tertiary/aromatic N) is 1. The molecule has 1 aromatic carbocycles. The van der Waals surface area contributed by atoms with Gasteiger partial charge < -0.3 is 4.98 Å². The fourth-order valence-corrected chi connectivity index (χ4v) is 3.55. The standard InChI is InChI=1S/C18H26N2/c1-3-4-5-14-7-9-15(10-8-14)18-19-16-11-6-13(2)12-17(16)20-18/h6,11-12,14-15H,3-5,7-10H2,1-2H3,(H,19,20). The Balaban J connectivity index is 1.67. The van der Waals surface area contributed by atoms with E-state index < -0.39 is 0 Å². The maximum Gasteiger partial charge on any atom is 0.110 e. The molecule has 0 spiro atoms. The van der Waals surface area contributed by atoms with E-state index in [9.17, 15) is 0 Å². The van der Waals surface area contributed by atoms with E-state index in [1.165, 1.54) is 61.9 Å². The van der Waals surface area contributed by atoms with Crippen LogP contribution in [0.2, 0.25) is 0 Å². The fraction of sp³-hybridized carbons (Fsp3) is 0.611. The van der Waals surface area contributed by atoms with Gasteiger partial charge in [0.15, 0.2) is 0 Å². The topological polar surface area (TPSA) is 28.7 Å². The Morgan fingerprint density at radius 3 is 2.75 bits per heavy atom. The molecule has 0 amide bonds. The lowest BCUT2D eigenvalue weighted by Crippen LogP contribution is -2.14. The molecule has 0 bridgehead atoms. The molecule has 0 unspecified atom stereocenters. The van der Waals surface area contributed by atoms with E-state index in [1.54, 1.807) is 0 Å². The molecule has 20 heavy (non-hydrogen) atoms. The highest BCUT2D eigenvalue weighted by atomic mass is 14.9. The number of hydrogen-bond acceptors (Lipinski definition) is 1. The number of H-pyrrole nitrogens is 1. The van der Waals surface area contributed by atoms with Gasteiger partial charge in [0.25, 0.3) is 0 Å². The van der Waals surface area contributed by atoms with Crippen molar-refractivity contribution in [1.82, 2.24) is 9.97 Å². The molecule has 1 aliphatic rings. The largest absolute Gasteiger partial charge is 0.342 e. The molecule has 3 rings (SSSR count). The summed E-state index contributed by atoms with van der Waals surface area (Å²) in [4.78, 5) is 8.36. The van der Waals surface area contributed by atoms with E-state index in [-0.39, 0.29) is 0 Å². The Bertz CT molecular complexity index is 562. The van der Waals surface area contributed by atoms with Gasteiger partial charge in [-0.15, -0.1) is 0 Å². The fourth-order valence-electron chi connectivity index (χ4n) is 3.55. The molecule has 108 valence electrons. The Morgan fingerprint density at radius 2 is 2.00 bits per heavy atom. The van der Waals surface area contributed by atoms with Crippen molar-refractivity contribution in [2.75, 3.05) is 0 Å². The van der Waals surface area contributed by atoms with Crippen molar-refractivity contribution in [3.8, 4) is 0 Å². The summed E-state index contributed by atoms with van der Waals surface area (Å²) in [5.41, 5.74) is 3.63. The number of aryl methyl sites for hydroxylation is 1. The first kappa shape index (κ1) is 13.7. The molecular weight excluding hydrogens is 244 g/mol. The molecule has 0 saturated heterocycles. The van der Waals surface area contributed by atoms with Gasteiger partial charge in [0.2, 0.25) is 0 Å². The lowest BCUT2D eigenvalue weighted by atomic mass is 9.79. The number of imidazole rings is 1. The first-order valence-corrected chi connectivity index (χ1v) is 8.22. The number of nitrogens with one attached hydrogen (secondary N) is 1. The SMILES string of the molecule is CCCCC1CCC(c2nc3ccc(C)cc3[nH]2)CC1. The van der Waals surface area contributed by atoms with E-state index in [0.29, 0.717) is 5.92 Å². The Hall–Kier alpha value is -1.31. The molecule has 2 aromatic rings. The molecule has 0 aliphatic heterocycles. The van der Waals surface area contributed by atoms with Crippen molar-refractivity contribution in [1.29, 1.82) is 0 Å². The second kappa shape index (κ2) is 5.99. The number of aromatic nitrogens is 2. The highest BCUT2D eigenvalue weighted by molar-refractivity contribution is 5.75. The van der Waals surface area contributed by atoms with Crippen LogP contribution in [0.4, 0.5) is 0 Å². The molecule has 2 heteroatoms. The van der Waals surface area contributed by atoms with Crippen molar-refractivity contribution >= 4 is 11.0 Å². The van der Waals surface area contributed by atoms with E-state index in [2.05, 4.69) is 37.0 Å². The lowest BCUT2D eigenvalue weighted by Gasteiger charge is -2.27. The van der Waals surface area contributed by atoms with E-state index in [4.69, 9.17) is 4.98 Å². The van der Waals surface area contributed by atoms with Gasteiger partial charge in [-0.2, -0.15) is 0 Å². The Morgan fingerprint density at radius 1 is 1.20 bits per heavy atom. The summed E-state index contributed by atoms with van der Waals surface area (Å²) >= 11 is 0. The van der Waals surface area contributed by atoms with Crippen LogP contribution in [0.25, 0.3) is 11.0 Å². The Kier molecular flexibility index (Phi) is 4.09. The molecule has 1 fully saturated rings. The van der Waals surface area contributed by atoms with Crippen LogP contribution in [-0.4, -0.2) is 9.97 Å². The van der Waals surface area contributed by atoms with Crippen LogP contribution in [0.3, 0.4) is 0 Å². The number of fused-ring (bicyclic) bond motifs is 1. The number of rotatable bonds is 4. The number of aromatic amines is 1. The zero-order valence-corrected chi connectivity index (χ0v) is 12.8. The first-order chi connectivity index (χ1) is 9.76. The third-order valence-corrected chi connectivity index (χ3v) is 4.86. The summed E-state index contributed by atoms with van der Waals surface area (Å²) in [6.07, 6.45) is 9.58. The van der Waals surface area contributed by atoms with Crippen molar-refractivity contribution in [2.24, 2.45) is 5.92 Å². The smallest absolute Gasteiger partial charge is 0.110 e. The van der Waals surface area contributed by atoms with Gasteiger partial charge in [0.05, 0.1) is 11.0 Å². The van der Waals surface area contributed by atoms with Crippen LogP contribution in [-0.2, 0) is 0 Å². The zero-order chi connectivity index (χ0) is 13.9. The average molecular weight is 270 g/mol. The first-order valence-electron chi connectivity index (χ1n) is 8.22. The molecule has 1 aliphatic carbocycles. The van der Waals surface area contributed by atoms with Crippen molar-refractivity contribution in [3.05, 3.63) is 29.6 Å². The van der Waals surface area contributed by atoms with Crippen LogP contribution < -0.4 is 0 Å². The van der Waals surface area contributed by atoms with Gasteiger partial charge >= 0.3 is 0 Å². The molecule has 1 saturated carbocycles. The maximum atomic E-state index is 4.81. The molecule has 1 N–H and O–H groups in total. The maximum absolute atomic E-state index is 4.81. The summed E-state index contributed by atoms with van der Waals surface area (Å²) in [5, 5.41) is 0. The third kappa shape index (κ3) is 2.89. The number of benzene rings is 1. The third-order valence-electron chi connectivity index (χ3n) is 4.86. The molecular formula is C18H26N2. The number of unbranched alkanes of at least 4 members (excludes halogenated alkanes) is 1. The Labute approximate surface area is 122 Å². The van der Waals surface area contributed by atoms with Gasteiger partial charge in [0, 0.05) is 5.92 Å². The van der Waals surface area contributed by atoms with E-state index in [0.717, 1.165) is 11.4 Å². The van der Waals surface area contributed by atoms with Crippen LogP contribution in [0.1, 0.15) is 69.2 Å². The second-order valence-corrected chi connectivity index (χ2v) is 6.50. The van der Waals surface area contributed by atoms with Crippen LogP contribution in [0.5, 0.6) is 0 Å². The van der Waals surface area contributed by atoms with Gasteiger partial charge in [0.1, 0.15) is 5.82 Å². The molecule has 0 radical (unpaired) electrons.